The maximum atomic E-state index is 14.0. The molecule has 2 aromatic carbocycles. The fourth-order valence-electron chi connectivity index (χ4n) is 6.85. The third-order valence-corrected chi connectivity index (χ3v) is 8.84. The van der Waals surface area contributed by atoms with Gasteiger partial charge in [0, 0.05) is 24.1 Å². The molecular formula is C30H34N2O8. The standard InChI is InChI=1S/C30H34N2O8/c1-29-16(12-21(34)25(28(31)37)30(29,38)39)10-15-11-19-17(6-7-20(33)24(19)26(35)23(15)27(29)36)18-9-14(13-32(2)3)5-8-22(18)40-4/h5-9,15-16,33-35,38-39H,10-13H2,1-4H3,(H2,31,37). The summed E-state index contributed by atoms with van der Waals surface area (Å²) in [6.45, 7) is 1.98. The van der Waals surface area contributed by atoms with E-state index < -0.39 is 51.8 Å². The molecule has 212 valence electrons. The molecule has 0 aliphatic heterocycles. The molecule has 5 rings (SSSR count). The number of amides is 1. The van der Waals surface area contributed by atoms with Crippen molar-refractivity contribution in [3.05, 3.63) is 63.9 Å². The van der Waals surface area contributed by atoms with Crippen LogP contribution in [0.3, 0.4) is 0 Å². The number of ketones is 1. The Morgan fingerprint density at radius 3 is 2.42 bits per heavy atom. The van der Waals surface area contributed by atoms with E-state index in [-0.39, 0.29) is 36.1 Å². The Balaban J connectivity index is 1.69. The minimum Gasteiger partial charge on any atom is -0.512 e. The van der Waals surface area contributed by atoms with Gasteiger partial charge in [-0.3, -0.25) is 9.59 Å². The van der Waals surface area contributed by atoms with Gasteiger partial charge >= 0.3 is 0 Å². The third kappa shape index (κ3) is 3.81. The topological polar surface area (TPSA) is 174 Å². The molecule has 40 heavy (non-hydrogen) atoms. The van der Waals surface area contributed by atoms with E-state index in [1.165, 1.54) is 13.0 Å². The van der Waals surface area contributed by atoms with E-state index >= 15 is 0 Å². The molecule has 0 spiro atoms. The first-order valence-corrected chi connectivity index (χ1v) is 13.1. The van der Waals surface area contributed by atoms with Crippen molar-refractivity contribution in [2.24, 2.45) is 23.0 Å². The zero-order valence-electron chi connectivity index (χ0n) is 22.9. The van der Waals surface area contributed by atoms with E-state index in [1.54, 1.807) is 13.2 Å². The highest BCUT2D eigenvalue weighted by molar-refractivity contribution is 6.10. The Kier molecular flexibility index (Phi) is 6.48. The second kappa shape index (κ2) is 9.36. The van der Waals surface area contributed by atoms with Gasteiger partial charge in [-0.1, -0.05) is 12.1 Å². The van der Waals surface area contributed by atoms with Crippen molar-refractivity contribution in [3.63, 3.8) is 0 Å². The van der Waals surface area contributed by atoms with Crippen LogP contribution in [-0.2, 0) is 22.6 Å². The van der Waals surface area contributed by atoms with Crippen LogP contribution in [0.5, 0.6) is 11.5 Å². The Labute approximate surface area is 231 Å². The summed E-state index contributed by atoms with van der Waals surface area (Å²) in [5.74, 6) is -7.05. The Hall–Kier alpha value is -3.86. The lowest BCUT2D eigenvalue weighted by Gasteiger charge is -2.53. The van der Waals surface area contributed by atoms with Gasteiger partial charge in [-0.15, -0.1) is 0 Å². The number of fused-ring (bicyclic) bond motifs is 3. The minimum absolute atomic E-state index is 0.0512. The zero-order chi connectivity index (χ0) is 29.3. The number of methoxy groups -OCH3 is 1. The van der Waals surface area contributed by atoms with Crippen LogP contribution in [0.1, 0.15) is 36.5 Å². The summed E-state index contributed by atoms with van der Waals surface area (Å²) in [6, 6.07) is 9.01. The molecule has 3 aliphatic carbocycles. The number of ether oxygens (including phenoxy) is 1. The number of hydrogen-bond donors (Lipinski definition) is 6. The first-order chi connectivity index (χ1) is 18.7. The summed E-state index contributed by atoms with van der Waals surface area (Å²) in [5.41, 5.74) is 5.70. The Morgan fingerprint density at radius 1 is 1.10 bits per heavy atom. The second-order valence-electron chi connectivity index (χ2n) is 11.4. The van der Waals surface area contributed by atoms with Crippen LogP contribution in [0.15, 0.2) is 47.2 Å². The fourth-order valence-corrected chi connectivity index (χ4v) is 6.85. The van der Waals surface area contributed by atoms with Crippen LogP contribution >= 0.6 is 0 Å². The van der Waals surface area contributed by atoms with Gasteiger partial charge < -0.3 is 40.9 Å². The maximum absolute atomic E-state index is 14.0. The van der Waals surface area contributed by atoms with E-state index in [1.807, 2.05) is 37.2 Å². The van der Waals surface area contributed by atoms with Crippen LogP contribution in [0, 0.1) is 17.3 Å². The molecule has 0 bridgehead atoms. The quantitative estimate of drug-likeness (QED) is 0.306. The van der Waals surface area contributed by atoms with Crippen LogP contribution in [0.25, 0.3) is 16.9 Å². The van der Waals surface area contributed by atoms with E-state index in [2.05, 4.69) is 0 Å². The number of allylic oxidation sites excluding steroid dienone is 2. The molecule has 3 aliphatic rings. The number of aliphatic hydroxyl groups excluding tert-OH is 2. The van der Waals surface area contributed by atoms with E-state index in [9.17, 15) is 35.1 Å². The number of nitrogens with zero attached hydrogens (tertiary/aromatic N) is 1. The van der Waals surface area contributed by atoms with Gasteiger partial charge in [0.05, 0.1) is 18.1 Å². The number of benzene rings is 2. The smallest absolute Gasteiger partial charge is 0.253 e. The highest BCUT2D eigenvalue weighted by Crippen LogP contribution is 2.59. The molecule has 1 saturated carbocycles. The number of primary amides is 1. The van der Waals surface area contributed by atoms with E-state index in [4.69, 9.17) is 10.5 Å². The predicted molar refractivity (Wildman–Crippen MR) is 146 cm³/mol. The van der Waals surface area contributed by atoms with E-state index in [0.717, 1.165) is 16.7 Å². The summed E-state index contributed by atoms with van der Waals surface area (Å²) < 4.78 is 5.65. The highest BCUT2D eigenvalue weighted by Gasteiger charge is 2.66. The van der Waals surface area contributed by atoms with Gasteiger partial charge in [0.1, 0.15) is 28.6 Å². The van der Waals surface area contributed by atoms with Crippen LogP contribution in [0.4, 0.5) is 0 Å². The van der Waals surface area contributed by atoms with Crippen LogP contribution in [0.2, 0.25) is 0 Å². The number of hydrogen-bond acceptors (Lipinski definition) is 9. The van der Waals surface area contributed by atoms with Crippen molar-refractivity contribution >= 4 is 17.4 Å². The summed E-state index contributed by atoms with van der Waals surface area (Å²) in [6.07, 6.45) is 0.301. The van der Waals surface area contributed by atoms with Crippen molar-refractivity contribution < 1.29 is 39.9 Å². The average Bonchev–Trinajstić information content (AvgIpc) is 2.85. The SMILES string of the molecule is COc1ccc(CN(C)C)cc1-c1ccc(O)c2c1CC1CC3CC(O)=C(C(N)=O)C(O)(O)C3(C)C(=O)C1=C2O. The number of carbonyl (C=O) groups is 2. The number of Topliss-reactive ketones (excluding diaryl/α,β-unsaturated/α-hetero) is 1. The van der Waals surface area contributed by atoms with Crippen molar-refractivity contribution in [3.8, 4) is 22.6 Å². The lowest BCUT2D eigenvalue weighted by atomic mass is 9.51. The Bertz CT molecular complexity index is 1510. The molecule has 2 aromatic rings. The minimum atomic E-state index is -3.06. The summed E-state index contributed by atoms with van der Waals surface area (Å²) >= 11 is 0. The summed E-state index contributed by atoms with van der Waals surface area (Å²) in [7, 11) is 5.48. The molecular weight excluding hydrogens is 516 g/mol. The van der Waals surface area contributed by atoms with Crippen LogP contribution in [-0.4, -0.2) is 69.1 Å². The third-order valence-electron chi connectivity index (χ3n) is 8.84. The van der Waals surface area contributed by atoms with Gasteiger partial charge in [0.25, 0.3) is 5.91 Å². The lowest BCUT2D eigenvalue weighted by Crippen LogP contribution is -2.64. The summed E-state index contributed by atoms with van der Waals surface area (Å²) in [4.78, 5) is 28.1. The normalized spacial score (nSPS) is 25.4. The van der Waals surface area contributed by atoms with Gasteiger partial charge in [0.2, 0.25) is 5.79 Å². The first-order valence-electron chi connectivity index (χ1n) is 13.1. The number of nitrogens with two attached hydrogens (primary N) is 1. The monoisotopic (exact) mass is 550 g/mol. The van der Waals surface area contributed by atoms with Crippen LogP contribution < -0.4 is 10.5 Å². The molecule has 7 N–H and O–H groups in total. The van der Waals surface area contributed by atoms with Gasteiger partial charge in [-0.05, 0) is 80.6 Å². The molecule has 0 saturated heterocycles. The number of aliphatic hydroxyl groups is 4. The largest absolute Gasteiger partial charge is 0.512 e. The average molecular weight is 551 g/mol. The van der Waals surface area contributed by atoms with Gasteiger partial charge in [-0.25, -0.2) is 0 Å². The number of rotatable bonds is 5. The highest BCUT2D eigenvalue weighted by atomic mass is 16.5. The maximum Gasteiger partial charge on any atom is 0.253 e. The molecule has 10 nitrogen and oxygen atoms in total. The molecule has 3 atom stereocenters. The molecule has 0 radical (unpaired) electrons. The number of phenols is 1. The van der Waals surface area contributed by atoms with Crippen molar-refractivity contribution in [1.82, 2.24) is 4.90 Å². The molecule has 0 aromatic heterocycles. The number of phenolic OH excluding ortho intramolecular Hbond substituents is 1. The molecule has 0 heterocycles. The molecule has 3 unspecified atom stereocenters. The van der Waals surface area contributed by atoms with Gasteiger partial charge in [-0.2, -0.15) is 0 Å². The second-order valence-corrected chi connectivity index (χ2v) is 11.4. The van der Waals surface area contributed by atoms with Gasteiger partial charge in [0.15, 0.2) is 5.78 Å². The van der Waals surface area contributed by atoms with Crippen molar-refractivity contribution in [2.75, 3.05) is 21.2 Å². The van der Waals surface area contributed by atoms with Crippen molar-refractivity contribution in [2.45, 2.75) is 38.5 Å². The van der Waals surface area contributed by atoms with Crippen molar-refractivity contribution in [1.29, 1.82) is 0 Å². The lowest BCUT2D eigenvalue weighted by molar-refractivity contribution is -0.233. The molecule has 1 fully saturated rings. The fraction of sp³-hybridized carbons (Fsp3) is 0.400. The number of aromatic hydroxyl groups is 1. The number of carbonyl (C=O) groups excluding carboxylic acids is 2. The Morgan fingerprint density at radius 2 is 1.80 bits per heavy atom. The van der Waals surface area contributed by atoms with E-state index in [0.29, 0.717) is 17.9 Å². The molecule has 1 amide bonds. The predicted octanol–water partition coefficient (Wildman–Crippen LogP) is 2.55. The summed E-state index contributed by atoms with van der Waals surface area (Å²) in [5, 5.41) is 55.2. The zero-order valence-corrected chi connectivity index (χ0v) is 22.9. The first kappa shape index (κ1) is 27.7. The molecule has 10 heteroatoms.